The number of amides is 2. The summed E-state index contributed by atoms with van der Waals surface area (Å²) < 4.78 is 10.6. The van der Waals surface area contributed by atoms with Crippen molar-refractivity contribution >= 4 is 23.6 Å². The normalized spacial score (nSPS) is 12.4. The second-order valence-corrected chi connectivity index (χ2v) is 7.48. The summed E-state index contributed by atoms with van der Waals surface area (Å²) in [5.74, 6) is 0.420. The van der Waals surface area contributed by atoms with Gasteiger partial charge in [-0.15, -0.1) is 0 Å². The number of rotatable bonds is 7. The quantitative estimate of drug-likeness (QED) is 0.771. The zero-order chi connectivity index (χ0) is 19.0. The van der Waals surface area contributed by atoms with Crippen LogP contribution in [0, 0.1) is 5.92 Å². The number of hydrogen-bond acceptors (Lipinski definition) is 4. The Labute approximate surface area is 154 Å². The van der Waals surface area contributed by atoms with E-state index < -0.39 is 11.7 Å². The van der Waals surface area contributed by atoms with Crippen LogP contribution >= 0.6 is 11.6 Å². The Morgan fingerprint density at radius 1 is 1.16 bits per heavy atom. The van der Waals surface area contributed by atoms with Crippen molar-refractivity contribution in [1.29, 1.82) is 0 Å². The number of alkyl carbamates (subject to hydrolysis) is 1. The Morgan fingerprint density at radius 3 is 2.28 bits per heavy atom. The Bertz CT molecular complexity index is 567. The second-order valence-electron chi connectivity index (χ2n) is 7.04. The first kappa shape index (κ1) is 21.1. The van der Waals surface area contributed by atoms with Crippen LogP contribution in [0.3, 0.4) is 0 Å². The molecule has 0 aliphatic carbocycles. The van der Waals surface area contributed by atoms with Crippen molar-refractivity contribution in [1.82, 2.24) is 10.6 Å². The molecule has 0 bridgehead atoms. The summed E-state index contributed by atoms with van der Waals surface area (Å²) in [7, 11) is 0. The number of nitrogens with one attached hydrogen (secondary N) is 2. The number of hydrogen-bond donors (Lipinski definition) is 2. The summed E-state index contributed by atoms with van der Waals surface area (Å²) in [4.78, 5) is 23.8. The molecule has 140 valence electrons. The molecule has 1 aromatic rings. The molecule has 0 heterocycles. The van der Waals surface area contributed by atoms with E-state index >= 15 is 0 Å². The summed E-state index contributed by atoms with van der Waals surface area (Å²) >= 11 is 5.79. The van der Waals surface area contributed by atoms with Gasteiger partial charge in [0.25, 0.3) is 5.91 Å². The molecule has 1 aromatic carbocycles. The highest BCUT2D eigenvalue weighted by molar-refractivity contribution is 6.30. The van der Waals surface area contributed by atoms with Gasteiger partial charge in [0.05, 0.1) is 6.04 Å². The van der Waals surface area contributed by atoms with Gasteiger partial charge in [0, 0.05) is 11.6 Å². The molecule has 7 heteroatoms. The van der Waals surface area contributed by atoms with Crippen LogP contribution in [-0.2, 0) is 9.53 Å². The van der Waals surface area contributed by atoms with E-state index in [9.17, 15) is 9.59 Å². The Balaban J connectivity index is 2.41. The minimum Gasteiger partial charge on any atom is -0.484 e. The number of benzene rings is 1. The van der Waals surface area contributed by atoms with Crippen molar-refractivity contribution in [3.8, 4) is 5.75 Å². The zero-order valence-corrected chi connectivity index (χ0v) is 16.1. The highest BCUT2D eigenvalue weighted by Gasteiger charge is 2.21. The lowest BCUT2D eigenvalue weighted by Gasteiger charge is -2.26. The van der Waals surface area contributed by atoms with Crippen molar-refractivity contribution in [2.75, 3.05) is 13.2 Å². The average Bonchev–Trinajstić information content (AvgIpc) is 2.48. The molecule has 0 aliphatic heterocycles. The van der Waals surface area contributed by atoms with Gasteiger partial charge in [-0.05, 0) is 51.0 Å². The molecule has 0 saturated heterocycles. The van der Waals surface area contributed by atoms with Gasteiger partial charge in [-0.3, -0.25) is 4.79 Å². The van der Waals surface area contributed by atoms with Gasteiger partial charge in [0.2, 0.25) is 0 Å². The van der Waals surface area contributed by atoms with Gasteiger partial charge in [0.1, 0.15) is 11.4 Å². The highest BCUT2D eigenvalue weighted by atomic mass is 35.5. The molecule has 1 atom stereocenters. The summed E-state index contributed by atoms with van der Waals surface area (Å²) in [5, 5.41) is 6.13. The van der Waals surface area contributed by atoms with E-state index in [2.05, 4.69) is 10.6 Å². The van der Waals surface area contributed by atoms with Crippen LogP contribution in [0.1, 0.15) is 34.6 Å². The number of carbonyl (C=O) groups is 2. The van der Waals surface area contributed by atoms with Crippen molar-refractivity contribution in [2.24, 2.45) is 5.92 Å². The molecule has 0 fully saturated rings. The van der Waals surface area contributed by atoms with E-state index in [0.29, 0.717) is 17.3 Å². The Kier molecular flexibility index (Phi) is 8.03. The SMILES string of the molecule is CC(C)C(CNC(=O)COc1ccc(Cl)cc1)NC(=O)OC(C)(C)C. The van der Waals surface area contributed by atoms with Gasteiger partial charge >= 0.3 is 6.09 Å². The maximum Gasteiger partial charge on any atom is 0.407 e. The fourth-order valence-corrected chi connectivity index (χ4v) is 1.99. The second kappa shape index (κ2) is 9.51. The van der Waals surface area contributed by atoms with Gasteiger partial charge in [-0.1, -0.05) is 25.4 Å². The van der Waals surface area contributed by atoms with Crippen molar-refractivity contribution in [3.05, 3.63) is 29.3 Å². The van der Waals surface area contributed by atoms with E-state index in [1.165, 1.54) is 0 Å². The number of carbonyl (C=O) groups excluding carboxylic acids is 2. The number of halogens is 1. The van der Waals surface area contributed by atoms with E-state index in [4.69, 9.17) is 21.1 Å². The standard InChI is InChI=1S/C18H27ClN2O4/c1-12(2)15(21-17(23)25-18(3,4)5)10-20-16(22)11-24-14-8-6-13(19)7-9-14/h6-9,12,15H,10-11H2,1-5H3,(H,20,22)(H,21,23). The third-order valence-corrected chi connectivity index (χ3v) is 3.46. The van der Waals surface area contributed by atoms with Crippen molar-refractivity contribution in [2.45, 2.75) is 46.3 Å². The molecule has 25 heavy (non-hydrogen) atoms. The molecule has 0 spiro atoms. The molecular formula is C18H27ClN2O4. The smallest absolute Gasteiger partial charge is 0.407 e. The van der Waals surface area contributed by atoms with Crippen LogP contribution in [0.15, 0.2) is 24.3 Å². The van der Waals surface area contributed by atoms with Crippen molar-refractivity contribution in [3.63, 3.8) is 0 Å². The fraction of sp³-hybridized carbons (Fsp3) is 0.556. The Hall–Kier alpha value is -1.95. The van der Waals surface area contributed by atoms with Gasteiger partial charge in [-0.2, -0.15) is 0 Å². The molecule has 1 unspecified atom stereocenters. The molecule has 1 rings (SSSR count). The molecule has 0 saturated carbocycles. The first-order valence-electron chi connectivity index (χ1n) is 8.21. The van der Waals surface area contributed by atoms with E-state index in [1.807, 2.05) is 13.8 Å². The van der Waals surface area contributed by atoms with E-state index in [-0.39, 0.29) is 24.5 Å². The molecular weight excluding hydrogens is 344 g/mol. The van der Waals surface area contributed by atoms with Gasteiger partial charge in [-0.25, -0.2) is 4.79 Å². The predicted octanol–water partition coefficient (Wildman–Crippen LogP) is 3.38. The highest BCUT2D eigenvalue weighted by Crippen LogP contribution is 2.15. The Morgan fingerprint density at radius 2 is 1.76 bits per heavy atom. The summed E-state index contributed by atoms with van der Waals surface area (Å²) in [6.07, 6.45) is -0.502. The molecule has 2 N–H and O–H groups in total. The van der Waals surface area contributed by atoms with Crippen LogP contribution in [0.2, 0.25) is 5.02 Å². The number of ether oxygens (including phenoxy) is 2. The molecule has 0 radical (unpaired) electrons. The maximum absolute atomic E-state index is 11.9. The largest absolute Gasteiger partial charge is 0.484 e. The molecule has 6 nitrogen and oxygen atoms in total. The first-order valence-corrected chi connectivity index (χ1v) is 8.59. The predicted molar refractivity (Wildman–Crippen MR) is 98.0 cm³/mol. The van der Waals surface area contributed by atoms with E-state index in [1.54, 1.807) is 45.0 Å². The summed E-state index contributed by atoms with van der Waals surface area (Å²) in [6, 6.07) is 6.52. The van der Waals surface area contributed by atoms with Crippen LogP contribution in [0.5, 0.6) is 5.75 Å². The lowest BCUT2D eigenvalue weighted by molar-refractivity contribution is -0.123. The van der Waals surface area contributed by atoms with Crippen molar-refractivity contribution < 1.29 is 19.1 Å². The van der Waals surface area contributed by atoms with Crippen LogP contribution in [0.4, 0.5) is 4.79 Å². The monoisotopic (exact) mass is 370 g/mol. The van der Waals surface area contributed by atoms with Crippen LogP contribution in [0.25, 0.3) is 0 Å². The minimum atomic E-state index is -0.568. The summed E-state index contributed by atoms with van der Waals surface area (Å²) in [6.45, 7) is 9.49. The van der Waals surface area contributed by atoms with Gasteiger partial charge < -0.3 is 20.1 Å². The average molecular weight is 371 g/mol. The summed E-state index contributed by atoms with van der Waals surface area (Å²) in [5.41, 5.74) is -0.568. The lowest BCUT2D eigenvalue weighted by Crippen LogP contribution is -2.48. The third kappa shape index (κ3) is 9.19. The molecule has 2 amide bonds. The molecule has 0 aliphatic rings. The third-order valence-electron chi connectivity index (χ3n) is 3.21. The zero-order valence-electron chi connectivity index (χ0n) is 15.4. The first-order chi connectivity index (χ1) is 11.6. The maximum atomic E-state index is 11.9. The van der Waals surface area contributed by atoms with E-state index in [0.717, 1.165) is 0 Å². The van der Waals surface area contributed by atoms with Crippen LogP contribution in [-0.4, -0.2) is 36.8 Å². The van der Waals surface area contributed by atoms with Gasteiger partial charge in [0.15, 0.2) is 6.61 Å². The topological polar surface area (TPSA) is 76.7 Å². The fourth-order valence-electron chi connectivity index (χ4n) is 1.87. The van der Waals surface area contributed by atoms with Crippen LogP contribution < -0.4 is 15.4 Å². The minimum absolute atomic E-state index is 0.112. The lowest BCUT2D eigenvalue weighted by atomic mass is 10.0. The molecule has 0 aromatic heterocycles.